The number of nitrogens with two attached hydrogens (primary N) is 1. The number of aliphatic hydroxyl groups excluding tert-OH is 1. The Kier molecular flexibility index (Phi) is 4.18. The Labute approximate surface area is 78.7 Å². The minimum atomic E-state index is 0.0439. The van der Waals surface area contributed by atoms with E-state index in [1.54, 1.807) is 0 Å². The molecule has 0 radical (unpaired) electrons. The van der Waals surface area contributed by atoms with E-state index in [-0.39, 0.29) is 19.1 Å². The first-order valence-corrected chi connectivity index (χ1v) is 4.86. The molecule has 1 amide bonds. The highest BCUT2D eigenvalue weighted by Gasteiger charge is 2.21. The molecule has 1 fully saturated rings. The van der Waals surface area contributed by atoms with Gasteiger partial charge in [-0.2, -0.15) is 0 Å². The van der Waals surface area contributed by atoms with E-state index in [0.29, 0.717) is 5.92 Å². The third-order valence-electron chi connectivity index (χ3n) is 2.68. The highest BCUT2D eigenvalue weighted by Crippen LogP contribution is 2.19. The zero-order chi connectivity index (χ0) is 9.68. The number of amides is 1. The van der Waals surface area contributed by atoms with Crippen LogP contribution in [0.15, 0.2) is 0 Å². The van der Waals surface area contributed by atoms with Crippen LogP contribution >= 0.6 is 0 Å². The van der Waals surface area contributed by atoms with Gasteiger partial charge in [-0.25, -0.2) is 0 Å². The minimum absolute atomic E-state index is 0.0439. The number of likely N-dealkylation sites (tertiary alicyclic amines) is 1. The maximum absolute atomic E-state index is 11.2. The average Bonchev–Trinajstić information content (AvgIpc) is 2.18. The molecule has 0 atom stereocenters. The van der Waals surface area contributed by atoms with Crippen molar-refractivity contribution in [3.05, 3.63) is 0 Å². The monoisotopic (exact) mass is 186 g/mol. The van der Waals surface area contributed by atoms with Crippen LogP contribution in [0.3, 0.4) is 0 Å². The van der Waals surface area contributed by atoms with Gasteiger partial charge in [-0.15, -0.1) is 0 Å². The molecule has 0 aromatic heterocycles. The van der Waals surface area contributed by atoms with E-state index >= 15 is 0 Å². The Morgan fingerprint density at radius 1 is 1.46 bits per heavy atom. The van der Waals surface area contributed by atoms with Gasteiger partial charge in [0.15, 0.2) is 0 Å². The Morgan fingerprint density at radius 2 is 2.08 bits per heavy atom. The first-order chi connectivity index (χ1) is 6.27. The maximum Gasteiger partial charge on any atom is 0.236 e. The Morgan fingerprint density at radius 3 is 2.54 bits per heavy atom. The molecule has 13 heavy (non-hydrogen) atoms. The molecule has 0 spiro atoms. The molecular formula is C9H18N2O2. The number of rotatable bonds is 3. The van der Waals surface area contributed by atoms with Gasteiger partial charge in [0, 0.05) is 19.7 Å². The van der Waals surface area contributed by atoms with Crippen molar-refractivity contribution >= 4 is 5.91 Å². The molecule has 1 aliphatic rings. The quantitative estimate of drug-likeness (QED) is 0.628. The molecule has 4 nitrogen and oxygen atoms in total. The zero-order valence-electron chi connectivity index (χ0n) is 7.91. The lowest BCUT2D eigenvalue weighted by molar-refractivity contribution is -0.131. The van der Waals surface area contributed by atoms with Crippen LogP contribution in [0.4, 0.5) is 0 Å². The molecule has 1 saturated heterocycles. The molecule has 1 aliphatic heterocycles. The van der Waals surface area contributed by atoms with Gasteiger partial charge >= 0.3 is 0 Å². The lowest BCUT2D eigenvalue weighted by Crippen LogP contribution is -2.41. The lowest BCUT2D eigenvalue weighted by Gasteiger charge is -2.31. The van der Waals surface area contributed by atoms with Crippen molar-refractivity contribution in [3.8, 4) is 0 Å². The molecule has 0 bridgehead atoms. The largest absolute Gasteiger partial charge is 0.396 e. The summed E-state index contributed by atoms with van der Waals surface area (Å²) in [5.74, 6) is 0.634. The number of piperidine rings is 1. The van der Waals surface area contributed by atoms with Gasteiger partial charge in [-0.05, 0) is 25.2 Å². The number of aliphatic hydroxyl groups is 1. The van der Waals surface area contributed by atoms with Gasteiger partial charge in [0.1, 0.15) is 0 Å². The number of hydrogen-bond donors (Lipinski definition) is 2. The van der Waals surface area contributed by atoms with Gasteiger partial charge in [0.2, 0.25) is 5.91 Å². The van der Waals surface area contributed by atoms with Crippen LogP contribution in [0.25, 0.3) is 0 Å². The summed E-state index contributed by atoms with van der Waals surface area (Å²) in [5, 5.41) is 8.74. The fourth-order valence-electron chi connectivity index (χ4n) is 1.78. The molecule has 0 aromatic rings. The molecule has 1 rings (SSSR count). The molecular weight excluding hydrogens is 168 g/mol. The van der Waals surface area contributed by atoms with Crippen LogP contribution in [0.5, 0.6) is 0 Å². The van der Waals surface area contributed by atoms with Crippen molar-refractivity contribution in [2.24, 2.45) is 11.7 Å². The summed E-state index contributed by atoms with van der Waals surface area (Å²) in [6.07, 6.45) is 2.88. The average molecular weight is 186 g/mol. The van der Waals surface area contributed by atoms with Crippen molar-refractivity contribution in [3.63, 3.8) is 0 Å². The van der Waals surface area contributed by atoms with Gasteiger partial charge < -0.3 is 15.7 Å². The second-order valence-electron chi connectivity index (χ2n) is 3.54. The topological polar surface area (TPSA) is 66.6 Å². The summed E-state index contributed by atoms with van der Waals surface area (Å²) in [4.78, 5) is 13.0. The summed E-state index contributed by atoms with van der Waals surface area (Å²) in [6.45, 7) is 1.99. The summed E-state index contributed by atoms with van der Waals surface area (Å²) < 4.78 is 0. The molecule has 0 aromatic carbocycles. The van der Waals surface area contributed by atoms with Crippen LogP contribution in [0, 0.1) is 5.92 Å². The summed E-state index contributed by atoms with van der Waals surface area (Å²) in [6, 6.07) is 0. The predicted octanol–water partition coefficient (Wildman–Crippen LogP) is -0.434. The molecule has 0 unspecified atom stereocenters. The molecule has 0 aliphatic carbocycles. The zero-order valence-corrected chi connectivity index (χ0v) is 7.91. The molecule has 1 heterocycles. The SMILES string of the molecule is NCC(=O)N1CCC(CCO)CC1. The molecule has 76 valence electrons. The van der Waals surface area contributed by atoms with Crippen molar-refractivity contribution in [1.82, 2.24) is 4.90 Å². The third-order valence-corrected chi connectivity index (χ3v) is 2.68. The second kappa shape index (κ2) is 5.19. The third kappa shape index (κ3) is 2.97. The molecule has 0 saturated carbocycles. The second-order valence-corrected chi connectivity index (χ2v) is 3.54. The number of carbonyl (C=O) groups excluding carboxylic acids is 1. The van der Waals surface area contributed by atoms with Gasteiger partial charge in [-0.3, -0.25) is 4.79 Å². The van der Waals surface area contributed by atoms with Crippen molar-refractivity contribution in [1.29, 1.82) is 0 Å². The highest BCUT2D eigenvalue weighted by atomic mass is 16.3. The fraction of sp³-hybridized carbons (Fsp3) is 0.889. The Bertz CT molecular complexity index is 165. The van der Waals surface area contributed by atoms with E-state index < -0.39 is 0 Å². The Hall–Kier alpha value is -0.610. The summed E-state index contributed by atoms with van der Waals surface area (Å²) >= 11 is 0. The number of hydrogen-bond acceptors (Lipinski definition) is 3. The molecule has 3 N–H and O–H groups in total. The smallest absolute Gasteiger partial charge is 0.236 e. The van der Waals surface area contributed by atoms with Crippen molar-refractivity contribution < 1.29 is 9.90 Å². The first-order valence-electron chi connectivity index (χ1n) is 4.86. The Balaban J connectivity index is 2.26. The van der Waals surface area contributed by atoms with E-state index in [2.05, 4.69) is 0 Å². The van der Waals surface area contributed by atoms with Gasteiger partial charge in [0.25, 0.3) is 0 Å². The van der Waals surface area contributed by atoms with E-state index in [0.717, 1.165) is 32.4 Å². The van der Waals surface area contributed by atoms with Crippen LogP contribution in [0.1, 0.15) is 19.3 Å². The van der Waals surface area contributed by atoms with E-state index in [9.17, 15) is 4.79 Å². The van der Waals surface area contributed by atoms with Crippen molar-refractivity contribution in [2.75, 3.05) is 26.2 Å². The lowest BCUT2D eigenvalue weighted by atomic mass is 9.94. The standard InChI is InChI=1S/C9H18N2O2/c10-7-9(13)11-4-1-8(2-5-11)3-6-12/h8,12H,1-7,10H2. The summed E-state index contributed by atoms with van der Waals surface area (Å²) in [7, 11) is 0. The summed E-state index contributed by atoms with van der Waals surface area (Å²) in [5.41, 5.74) is 5.26. The number of carbonyl (C=O) groups is 1. The van der Waals surface area contributed by atoms with Gasteiger partial charge in [-0.1, -0.05) is 0 Å². The van der Waals surface area contributed by atoms with Crippen molar-refractivity contribution in [2.45, 2.75) is 19.3 Å². The normalized spacial score (nSPS) is 19.1. The van der Waals surface area contributed by atoms with Crippen LogP contribution in [0.2, 0.25) is 0 Å². The highest BCUT2D eigenvalue weighted by molar-refractivity contribution is 5.78. The van der Waals surface area contributed by atoms with Crippen LogP contribution in [-0.2, 0) is 4.79 Å². The van der Waals surface area contributed by atoms with Crippen LogP contribution < -0.4 is 5.73 Å². The first kappa shape index (κ1) is 10.5. The predicted molar refractivity (Wildman–Crippen MR) is 50.1 cm³/mol. The fourth-order valence-corrected chi connectivity index (χ4v) is 1.78. The number of nitrogens with zero attached hydrogens (tertiary/aromatic N) is 1. The van der Waals surface area contributed by atoms with E-state index in [4.69, 9.17) is 10.8 Å². The molecule has 4 heteroatoms. The van der Waals surface area contributed by atoms with Gasteiger partial charge in [0.05, 0.1) is 6.54 Å². The van der Waals surface area contributed by atoms with Crippen LogP contribution in [-0.4, -0.2) is 42.2 Å². The van der Waals surface area contributed by atoms with E-state index in [1.165, 1.54) is 0 Å². The maximum atomic E-state index is 11.2. The van der Waals surface area contributed by atoms with E-state index in [1.807, 2.05) is 4.90 Å². The minimum Gasteiger partial charge on any atom is -0.396 e.